The molecule has 1 amide bonds. The van der Waals surface area contributed by atoms with Gasteiger partial charge < -0.3 is 5.73 Å². The fourth-order valence-corrected chi connectivity index (χ4v) is 2.10. The molecule has 0 aliphatic rings. The van der Waals surface area contributed by atoms with E-state index in [9.17, 15) is 4.79 Å². The van der Waals surface area contributed by atoms with E-state index in [2.05, 4.69) is 27.1 Å². The van der Waals surface area contributed by atoms with Gasteiger partial charge in [0.05, 0.1) is 23.2 Å². The van der Waals surface area contributed by atoms with Crippen LogP contribution in [0.1, 0.15) is 20.9 Å². The topological polar surface area (TPSA) is 80.9 Å². The van der Waals surface area contributed by atoms with Crippen molar-refractivity contribution in [3.63, 3.8) is 0 Å². The number of nitrogens with two attached hydrogens (primary N) is 1. The van der Waals surface area contributed by atoms with Crippen molar-refractivity contribution < 1.29 is 4.79 Å². The van der Waals surface area contributed by atoms with Crippen LogP contribution in [0, 0.1) is 18.8 Å². The molecule has 0 saturated heterocycles. The van der Waals surface area contributed by atoms with Crippen LogP contribution in [0.3, 0.4) is 0 Å². The largest absolute Gasteiger partial charge is 0.320 e. The third-order valence-corrected chi connectivity index (χ3v) is 3.12. The number of amides is 1. The summed E-state index contributed by atoms with van der Waals surface area (Å²) in [6.45, 7) is 2.09. The van der Waals surface area contributed by atoms with Gasteiger partial charge in [-0.25, -0.2) is 4.98 Å². The number of nitrogens with zero attached hydrogens (tertiary/aromatic N) is 2. The Balaban J connectivity index is 2.11. The fourth-order valence-electron chi connectivity index (χ4n) is 1.42. The average Bonchev–Trinajstić information content (AvgIpc) is 2.84. The zero-order valence-electron chi connectivity index (χ0n) is 10.3. The van der Waals surface area contributed by atoms with Crippen molar-refractivity contribution in [3.8, 4) is 11.8 Å². The fraction of sp³-hybridized carbons (Fsp3) is 0.154. The highest BCUT2D eigenvalue weighted by atomic mass is 32.1. The van der Waals surface area contributed by atoms with E-state index in [-0.39, 0.29) is 5.91 Å². The van der Waals surface area contributed by atoms with Crippen molar-refractivity contribution in [3.05, 3.63) is 40.7 Å². The average molecular weight is 272 g/mol. The Bertz CT molecular complexity index is 654. The molecule has 2 aromatic rings. The lowest BCUT2D eigenvalue weighted by Crippen LogP contribution is -2.13. The summed E-state index contributed by atoms with van der Waals surface area (Å²) in [5.74, 6) is 5.38. The second-order valence-electron chi connectivity index (χ2n) is 3.63. The van der Waals surface area contributed by atoms with Gasteiger partial charge in [-0.05, 0) is 19.1 Å². The number of anilines is 1. The minimum absolute atomic E-state index is 0.224. The van der Waals surface area contributed by atoms with Gasteiger partial charge in [-0.3, -0.25) is 15.1 Å². The minimum Gasteiger partial charge on any atom is -0.320 e. The molecule has 2 rings (SSSR count). The Morgan fingerprint density at radius 3 is 3.11 bits per heavy atom. The van der Waals surface area contributed by atoms with Crippen LogP contribution >= 0.6 is 11.3 Å². The van der Waals surface area contributed by atoms with Crippen LogP contribution in [0.15, 0.2) is 24.5 Å². The number of hydrogen-bond donors (Lipinski definition) is 2. The van der Waals surface area contributed by atoms with Gasteiger partial charge in [0, 0.05) is 11.9 Å². The van der Waals surface area contributed by atoms with Crippen LogP contribution in [-0.2, 0) is 0 Å². The van der Waals surface area contributed by atoms with Gasteiger partial charge in [-0.2, -0.15) is 0 Å². The molecule has 0 aromatic carbocycles. The Kier molecular flexibility index (Phi) is 4.23. The molecule has 0 aliphatic heterocycles. The van der Waals surface area contributed by atoms with Crippen LogP contribution in [0.4, 0.5) is 5.13 Å². The third-order valence-electron chi connectivity index (χ3n) is 2.29. The smallest absolute Gasteiger partial charge is 0.259 e. The zero-order chi connectivity index (χ0) is 13.7. The predicted molar refractivity (Wildman–Crippen MR) is 75.0 cm³/mol. The number of pyridine rings is 1. The maximum absolute atomic E-state index is 12.0. The predicted octanol–water partition coefficient (Wildman–Crippen LogP) is 1.41. The molecule has 0 spiro atoms. The number of rotatable bonds is 2. The van der Waals surface area contributed by atoms with Crippen LogP contribution < -0.4 is 11.1 Å². The summed E-state index contributed by atoms with van der Waals surface area (Å²) in [7, 11) is 0. The van der Waals surface area contributed by atoms with Gasteiger partial charge in [0.25, 0.3) is 5.91 Å². The second kappa shape index (κ2) is 6.09. The monoisotopic (exact) mass is 272 g/mol. The lowest BCUT2D eigenvalue weighted by atomic mass is 10.2. The summed E-state index contributed by atoms with van der Waals surface area (Å²) in [6.07, 6.45) is 3.26. The van der Waals surface area contributed by atoms with Crippen molar-refractivity contribution in [2.24, 2.45) is 5.73 Å². The summed E-state index contributed by atoms with van der Waals surface area (Å²) in [5, 5.41) is 3.23. The Morgan fingerprint density at radius 1 is 1.53 bits per heavy atom. The first kappa shape index (κ1) is 13.2. The number of aryl methyl sites for hydroxylation is 1. The lowest BCUT2D eigenvalue weighted by molar-refractivity contribution is 0.102. The molecule has 2 heterocycles. The molecule has 0 aliphatic carbocycles. The number of nitrogens with one attached hydrogen (secondary N) is 1. The van der Waals surface area contributed by atoms with E-state index in [4.69, 9.17) is 5.73 Å². The molecule has 5 nitrogen and oxygen atoms in total. The van der Waals surface area contributed by atoms with E-state index >= 15 is 0 Å². The van der Waals surface area contributed by atoms with Gasteiger partial charge >= 0.3 is 0 Å². The molecular formula is C13H12N4OS. The molecule has 96 valence electrons. The van der Waals surface area contributed by atoms with E-state index in [1.165, 1.54) is 11.3 Å². The SMILES string of the molecule is Cc1ncccc1C(=O)Nc1ncc(C#CCN)s1. The quantitative estimate of drug-likeness (QED) is 0.810. The normalized spacial score (nSPS) is 9.58. The van der Waals surface area contributed by atoms with Crippen LogP contribution in [0.5, 0.6) is 0 Å². The number of thiazole rings is 1. The van der Waals surface area contributed by atoms with Gasteiger partial charge in [-0.15, -0.1) is 0 Å². The molecule has 0 unspecified atom stereocenters. The Morgan fingerprint density at radius 2 is 2.37 bits per heavy atom. The molecule has 2 aromatic heterocycles. The summed E-state index contributed by atoms with van der Waals surface area (Å²) in [6, 6.07) is 3.45. The molecule has 0 radical (unpaired) electrons. The van der Waals surface area contributed by atoms with Gasteiger partial charge in [0.2, 0.25) is 0 Å². The van der Waals surface area contributed by atoms with Crippen molar-refractivity contribution >= 4 is 22.4 Å². The van der Waals surface area contributed by atoms with Crippen LogP contribution in [0.2, 0.25) is 0 Å². The summed E-state index contributed by atoms with van der Waals surface area (Å²) in [5.41, 5.74) is 6.51. The second-order valence-corrected chi connectivity index (χ2v) is 4.66. The first-order valence-electron chi connectivity index (χ1n) is 5.58. The van der Waals surface area contributed by atoms with Gasteiger partial charge in [0.1, 0.15) is 0 Å². The van der Waals surface area contributed by atoms with Gasteiger partial charge in [-0.1, -0.05) is 23.2 Å². The number of hydrogen-bond acceptors (Lipinski definition) is 5. The van der Waals surface area contributed by atoms with Crippen LogP contribution in [0.25, 0.3) is 0 Å². The van der Waals surface area contributed by atoms with Crippen molar-refractivity contribution in [2.45, 2.75) is 6.92 Å². The first-order chi connectivity index (χ1) is 9.20. The molecule has 0 bridgehead atoms. The summed E-state index contributed by atoms with van der Waals surface area (Å²) < 4.78 is 0. The highest BCUT2D eigenvalue weighted by molar-refractivity contribution is 7.16. The third kappa shape index (κ3) is 3.37. The molecule has 6 heteroatoms. The lowest BCUT2D eigenvalue weighted by Gasteiger charge is -2.03. The number of carbonyl (C=O) groups is 1. The molecule has 19 heavy (non-hydrogen) atoms. The van der Waals surface area contributed by atoms with Crippen molar-refractivity contribution in [2.75, 3.05) is 11.9 Å². The number of aromatic nitrogens is 2. The van der Waals surface area contributed by atoms with E-state index in [0.29, 0.717) is 22.9 Å². The van der Waals surface area contributed by atoms with E-state index < -0.39 is 0 Å². The minimum atomic E-state index is -0.224. The summed E-state index contributed by atoms with van der Waals surface area (Å²) >= 11 is 1.31. The number of carbonyl (C=O) groups excluding carboxylic acids is 1. The molecule has 0 fully saturated rings. The Hall–Kier alpha value is -2.23. The maximum atomic E-state index is 12.0. The standard InChI is InChI=1S/C13H12N4OS/c1-9-11(5-3-7-15-9)12(18)17-13-16-8-10(19-13)4-2-6-14/h3,5,7-8H,6,14H2,1H3,(H,16,17,18). The highest BCUT2D eigenvalue weighted by Gasteiger charge is 2.11. The maximum Gasteiger partial charge on any atom is 0.259 e. The zero-order valence-corrected chi connectivity index (χ0v) is 11.1. The Labute approximate surface area is 114 Å². The van der Waals surface area contributed by atoms with Gasteiger partial charge in [0.15, 0.2) is 5.13 Å². The highest BCUT2D eigenvalue weighted by Crippen LogP contribution is 2.18. The van der Waals surface area contributed by atoms with Crippen LogP contribution in [-0.4, -0.2) is 22.4 Å². The molecule has 3 N–H and O–H groups in total. The van der Waals surface area contributed by atoms with E-state index in [1.807, 2.05) is 0 Å². The first-order valence-corrected chi connectivity index (χ1v) is 6.40. The summed E-state index contributed by atoms with van der Waals surface area (Å²) in [4.78, 5) is 20.9. The van der Waals surface area contributed by atoms with Crippen molar-refractivity contribution in [1.82, 2.24) is 9.97 Å². The van der Waals surface area contributed by atoms with Crippen molar-refractivity contribution in [1.29, 1.82) is 0 Å². The van der Waals surface area contributed by atoms with E-state index in [1.54, 1.807) is 31.5 Å². The van der Waals surface area contributed by atoms with E-state index in [0.717, 1.165) is 4.88 Å². The molecule has 0 atom stereocenters. The molecular weight excluding hydrogens is 260 g/mol. The molecule has 0 saturated carbocycles.